The second-order valence-corrected chi connectivity index (χ2v) is 6.76. The Bertz CT molecular complexity index is 1240. The first kappa shape index (κ1) is 19.3. The molecule has 0 aliphatic carbocycles. The second-order valence-electron chi connectivity index (χ2n) is 6.76. The first-order valence-electron chi connectivity index (χ1n) is 8.78. The molecule has 1 saturated heterocycles. The number of hydrogen-bond donors (Lipinski definition) is 3. The number of carbonyl (C=O) groups is 2. The third-order valence-electron chi connectivity index (χ3n) is 4.70. The van der Waals surface area contributed by atoms with Gasteiger partial charge in [0.1, 0.15) is 17.4 Å². The van der Waals surface area contributed by atoms with Gasteiger partial charge in [0, 0.05) is 28.6 Å². The van der Waals surface area contributed by atoms with Gasteiger partial charge in [-0.25, -0.2) is 13.6 Å². The van der Waals surface area contributed by atoms with Crippen molar-refractivity contribution in [3.63, 3.8) is 0 Å². The summed E-state index contributed by atoms with van der Waals surface area (Å²) in [5.74, 6) is 3.19. The Labute approximate surface area is 169 Å². The molecule has 2 aromatic carbocycles. The van der Waals surface area contributed by atoms with Crippen molar-refractivity contribution < 1.29 is 28.2 Å². The molecule has 1 fully saturated rings. The second kappa shape index (κ2) is 7.08. The summed E-state index contributed by atoms with van der Waals surface area (Å²) in [5.41, 5.74) is -1.76. The van der Waals surface area contributed by atoms with Gasteiger partial charge in [0.2, 0.25) is 5.54 Å². The lowest BCUT2D eigenvalue weighted by Gasteiger charge is -2.20. The van der Waals surface area contributed by atoms with Gasteiger partial charge in [-0.2, -0.15) is 0 Å². The molecule has 2 heterocycles. The maximum Gasteiger partial charge on any atom is 0.323 e. The Balaban J connectivity index is 1.77. The molecule has 3 aromatic rings. The highest BCUT2D eigenvalue weighted by Crippen LogP contribution is 2.31. The molecular formula is C21H15F2N3O4. The van der Waals surface area contributed by atoms with Crippen LogP contribution in [0.25, 0.3) is 10.8 Å². The molecule has 1 aromatic heterocycles. The van der Waals surface area contributed by atoms with Crippen molar-refractivity contribution >= 4 is 22.7 Å². The van der Waals surface area contributed by atoms with Crippen LogP contribution >= 0.6 is 0 Å². The van der Waals surface area contributed by atoms with Gasteiger partial charge in [0.25, 0.3) is 5.91 Å². The van der Waals surface area contributed by atoms with Crippen LogP contribution in [0.3, 0.4) is 0 Å². The lowest BCUT2D eigenvalue weighted by atomic mass is 9.99. The van der Waals surface area contributed by atoms with Crippen molar-refractivity contribution in [3.8, 4) is 23.5 Å². The zero-order valence-electron chi connectivity index (χ0n) is 15.6. The molecule has 1 aliphatic heterocycles. The highest BCUT2D eigenvalue weighted by atomic mass is 19.1. The van der Waals surface area contributed by atoms with Gasteiger partial charge >= 0.3 is 6.03 Å². The van der Waals surface area contributed by atoms with Crippen molar-refractivity contribution in [3.05, 3.63) is 59.8 Å². The van der Waals surface area contributed by atoms with Crippen LogP contribution in [-0.2, 0) is 11.3 Å². The fourth-order valence-electron chi connectivity index (χ4n) is 3.27. The number of ether oxygens (including phenoxy) is 1. The first-order chi connectivity index (χ1) is 14.3. The van der Waals surface area contributed by atoms with Crippen LogP contribution in [0, 0.1) is 23.5 Å². The van der Waals surface area contributed by atoms with E-state index in [4.69, 9.17) is 4.74 Å². The van der Waals surface area contributed by atoms with E-state index in [1.54, 1.807) is 24.4 Å². The number of rotatable bonds is 3. The molecule has 152 valence electrons. The Morgan fingerprint density at radius 3 is 2.53 bits per heavy atom. The van der Waals surface area contributed by atoms with E-state index >= 15 is 0 Å². The van der Waals surface area contributed by atoms with Crippen LogP contribution < -0.4 is 15.4 Å². The summed E-state index contributed by atoms with van der Waals surface area (Å²) in [6.45, 7) is -0.238. The zero-order chi connectivity index (χ0) is 21.5. The molecule has 30 heavy (non-hydrogen) atoms. The number of halogens is 2. The van der Waals surface area contributed by atoms with E-state index in [1.807, 2.05) is 0 Å². The van der Waals surface area contributed by atoms with Crippen LogP contribution in [0.5, 0.6) is 11.6 Å². The van der Waals surface area contributed by atoms with Crippen molar-refractivity contribution in [2.45, 2.75) is 12.1 Å². The van der Waals surface area contributed by atoms with Gasteiger partial charge < -0.3 is 19.7 Å². The number of imide groups is 1. The van der Waals surface area contributed by atoms with Crippen LogP contribution in [0.15, 0.2) is 42.6 Å². The minimum absolute atomic E-state index is 0.00699. The largest absolute Gasteiger partial charge is 0.497 e. The van der Waals surface area contributed by atoms with Crippen molar-refractivity contribution in [2.75, 3.05) is 7.11 Å². The summed E-state index contributed by atoms with van der Waals surface area (Å²) in [6.07, 6.45) is 1.58. The first-order valence-corrected chi connectivity index (χ1v) is 8.78. The topological polar surface area (TPSA) is 92.6 Å². The minimum Gasteiger partial charge on any atom is -0.497 e. The van der Waals surface area contributed by atoms with Crippen molar-refractivity contribution in [2.24, 2.45) is 0 Å². The monoisotopic (exact) mass is 411 g/mol. The number of nitrogens with zero attached hydrogens (tertiary/aromatic N) is 1. The summed E-state index contributed by atoms with van der Waals surface area (Å²) < 4.78 is 33.4. The molecule has 0 unspecified atom stereocenters. The highest BCUT2D eigenvalue weighted by Gasteiger charge is 2.46. The average molecular weight is 411 g/mol. The number of aromatic nitrogens is 1. The molecule has 4 rings (SSSR count). The molecule has 7 nitrogen and oxygen atoms in total. The van der Waals surface area contributed by atoms with Gasteiger partial charge in [0.05, 0.1) is 13.7 Å². The number of fused-ring (bicyclic) bond motifs is 1. The molecule has 1 aliphatic rings. The SMILES string of the molecule is COc1ccc2c(O)n(C[C@@]3(C#Cc4cc(F)cc(F)c4)NC(=O)NC3=O)cc2c1. The third-order valence-corrected chi connectivity index (χ3v) is 4.70. The van der Waals surface area contributed by atoms with E-state index in [9.17, 15) is 23.5 Å². The molecule has 0 saturated carbocycles. The molecule has 1 atom stereocenters. The standard InChI is InChI=1S/C21H15F2N3O4/c1-30-16-2-3-17-13(8-16)10-26(18(17)27)11-21(19(28)24-20(29)25-21)5-4-12-6-14(22)9-15(23)7-12/h2-3,6-10,27H,11H2,1H3,(H2,24,25,28,29)/t21-/m1/s1. The minimum atomic E-state index is -1.75. The lowest BCUT2D eigenvalue weighted by molar-refractivity contribution is -0.122. The number of benzene rings is 2. The molecule has 3 amide bonds. The van der Waals surface area contributed by atoms with Gasteiger partial charge in [-0.05, 0) is 30.3 Å². The number of hydrogen-bond acceptors (Lipinski definition) is 4. The molecule has 0 spiro atoms. The number of amides is 3. The summed E-state index contributed by atoms with van der Waals surface area (Å²) in [4.78, 5) is 24.3. The van der Waals surface area contributed by atoms with Crippen LogP contribution in [0.4, 0.5) is 13.6 Å². The van der Waals surface area contributed by atoms with Gasteiger partial charge in [-0.15, -0.1) is 0 Å². The smallest absolute Gasteiger partial charge is 0.323 e. The predicted molar refractivity (Wildman–Crippen MR) is 103 cm³/mol. The summed E-state index contributed by atoms with van der Waals surface area (Å²) in [7, 11) is 1.51. The molecule has 0 radical (unpaired) electrons. The van der Waals surface area contributed by atoms with Crippen LogP contribution in [0.1, 0.15) is 5.56 Å². The zero-order valence-corrected chi connectivity index (χ0v) is 15.6. The Morgan fingerprint density at radius 1 is 1.17 bits per heavy atom. The average Bonchev–Trinajstić information content (AvgIpc) is 3.14. The lowest BCUT2D eigenvalue weighted by Crippen LogP contribution is -2.49. The predicted octanol–water partition coefficient (Wildman–Crippen LogP) is 2.26. The van der Waals surface area contributed by atoms with Crippen molar-refractivity contribution in [1.29, 1.82) is 0 Å². The van der Waals surface area contributed by atoms with Gasteiger partial charge in [-0.1, -0.05) is 11.8 Å². The van der Waals surface area contributed by atoms with E-state index in [2.05, 4.69) is 22.5 Å². The normalized spacial score (nSPS) is 18.0. The molecular weight excluding hydrogens is 396 g/mol. The Hall–Kier alpha value is -4.06. The number of carbonyl (C=O) groups excluding carboxylic acids is 2. The third kappa shape index (κ3) is 3.39. The molecule has 3 N–H and O–H groups in total. The van der Waals surface area contributed by atoms with E-state index in [1.165, 1.54) is 11.7 Å². The van der Waals surface area contributed by atoms with E-state index < -0.39 is 29.1 Å². The van der Waals surface area contributed by atoms with Gasteiger partial charge in [-0.3, -0.25) is 10.1 Å². The Kier molecular flexibility index (Phi) is 4.54. The number of methoxy groups -OCH3 is 1. The van der Waals surface area contributed by atoms with E-state index in [0.717, 1.165) is 12.1 Å². The van der Waals surface area contributed by atoms with Gasteiger partial charge in [0.15, 0.2) is 5.88 Å². The van der Waals surface area contributed by atoms with Crippen molar-refractivity contribution in [1.82, 2.24) is 15.2 Å². The van der Waals surface area contributed by atoms with E-state index in [-0.39, 0.29) is 18.0 Å². The summed E-state index contributed by atoms with van der Waals surface area (Å²) >= 11 is 0. The number of nitrogens with one attached hydrogen (secondary N) is 2. The summed E-state index contributed by atoms with van der Waals surface area (Å²) in [5, 5.41) is 16.3. The van der Waals surface area contributed by atoms with Crippen LogP contribution in [0.2, 0.25) is 0 Å². The number of urea groups is 1. The summed E-state index contributed by atoms with van der Waals surface area (Å²) in [6, 6.07) is 6.97. The molecule has 9 heteroatoms. The maximum absolute atomic E-state index is 13.4. The fraction of sp³-hybridized carbons (Fsp3) is 0.143. The Morgan fingerprint density at radius 2 is 1.90 bits per heavy atom. The maximum atomic E-state index is 13.4. The highest BCUT2D eigenvalue weighted by molar-refractivity contribution is 6.09. The quantitative estimate of drug-likeness (QED) is 0.455. The molecule has 0 bridgehead atoms. The number of aromatic hydroxyl groups is 1. The fourth-order valence-corrected chi connectivity index (χ4v) is 3.27. The van der Waals surface area contributed by atoms with Crippen LogP contribution in [-0.4, -0.2) is 34.3 Å². The van der Waals surface area contributed by atoms with E-state index in [0.29, 0.717) is 22.6 Å².